The molecule has 0 aliphatic heterocycles. The number of nitro groups is 1. The number of hydrogen-bond donors (Lipinski definition) is 3. The van der Waals surface area contributed by atoms with E-state index < -0.39 is 22.9 Å². The molecule has 5 rings (SSSR count). The molecule has 45 heavy (non-hydrogen) atoms. The Morgan fingerprint density at radius 2 is 1.76 bits per heavy atom. The maximum absolute atomic E-state index is 12.6. The molecule has 0 unspecified atom stereocenters. The van der Waals surface area contributed by atoms with Gasteiger partial charge in [-0.1, -0.05) is 35.4 Å². The monoisotopic (exact) mass is 620 g/mol. The van der Waals surface area contributed by atoms with E-state index in [2.05, 4.69) is 42.1 Å². The fourth-order valence-electron chi connectivity index (χ4n) is 4.76. The summed E-state index contributed by atoms with van der Waals surface area (Å²) in [6.45, 7) is 0.136. The van der Waals surface area contributed by atoms with Crippen LogP contribution in [0, 0.1) is 10.1 Å². The highest BCUT2D eigenvalue weighted by molar-refractivity contribution is 6.03. The van der Waals surface area contributed by atoms with Gasteiger partial charge in [-0.15, -0.1) is 18.3 Å². The summed E-state index contributed by atoms with van der Waals surface area (Å²) in [5.41, 5.74) is 4.24. The van der Waals surface area contributed by atoms with Crippen molar-refractivity contribution >= 4 is 28.8 Å². The van der Waals surface area contributed by atoms with Gasteiger partial charge in [0.1, 0.15) is 5.75 Å². The number of allylic oxidation sites excluding steroid dienone is 2. The number of H-pyrrole nitrogens is 1. The Labute approximate surface area is 254 Å². The summed E-state index contributed by atoms with van der Waals surface area (Å²) in [4.78, 5) is 25.3. The zero-order valence-electron chi connectivity index (χ0n) is 23.6. The summed E-state index contributed by atoms with van der Waals surface area (Å²) in [7, 11) is 0. The number of aromatic nitrogens is 4. The number of amides is 1. The van der Waals surface area contributed by atoms with Crippen molar-refractivity contribution in [1.29, 1.82) is 0 Å². The van der Waals surface area contributed by atoms with Crippen molar-refractivity contribution in [3.8, 4) is 5.75 Å². The van der Waals surface area contributed by atoms with E-state index in [1.807, 2.05) is 24.3 Å². The van der Waals surface area contributed by atoms with Crippen molar-refractivity contribution in [1.82, 2.24) is 20.6 Å². The Kier molecular flexibility index (Phi) is 9.36. The van der Waals surface area contributed by atoms with Crippen molar-refractivity contribution in [3.05, 3.63) is 118 Å². The number of nitrogens with one attached hydrogen (secondary N) is 3. The van der Waals surface area contributed by atoms with Crippen LogP contribution in [0.15, 0.2) is 90.9 Å². The van der Waals surface area contributed by atoms with Gasteiger partial charge in [-0.05, 0) is 96.1 Å². The predicted molar refractivity (Wildman–Crippen MR) is 159 cm³/mol. The number of anilines is 3. The Bertz CT molecular complexity index is 1670. The summed E-state index contributed by atoms with van der Waals surface area (Å²) in [6, 6.07) is 19.1. The minimum absolute atomic E-state index is 0.0151. The number of benzene rings is 3. The third-order valence-electron chi connectivity index (χ3n) is 6.85. The molecule has 1 aliphatic carbocycles. The molecule has 0 saturated carbocycles. The Hall–Kier alpha value is -5.73. The first-order valence-corrected chi connectivity index (χ1v) is 13.8. The molecule has 232 valence electrons. The fourth-order valence-corrected chi connectivity index (χ4v) is 4.76. The number of ether oxygens (including phenoxy) is 1. The number of hydrogen-bond acceptors (Lipinski definition) is 9. The number of carbonyl (C=O) groups excluding carboxylic acids is 1. The van der Waals surface area contributed by atoms with Crippen LogP contribution < -0.4 is 20.3 Å². The van der Waals surface area contributed by atoms with Crippen LogP contribution in [0.1, 0.15) is 47.2 Å². The van der Waals surface area contributed by atoms with Crippen LogP contribution in [0.3, 0.4) is 0 Å². The third kappa shape index (κ3) is 8.65. The number of halogens is 3. The minimum atomic E-state index is -4.86. The highest BCUT2D eigenvalue weighted by atomic mass is 19.4. The van der Waals surface area contributed by atoms with E-state index in [4.69, 9.17) is 0 Å². The number of aromatic amines is 1. The SMILES string of the molecule is O=C(Nc1nn[nH]n1)c1ccc(CN(/C(=C\[N+](=O)[O-])Nc2ccc(OC(F)(F)F)cc2)c2ccc(C3=CCCCC3)cc2)cc1. The molecule has 1 amide bonds. The van der Waals surface area contributed by atoms with Crippen molar-refractivity contribution in [2.45, 2.75) is 38.6 Å². The van der Waals surface area contributed by atoms with Gasteiger partial charge < -0.3 is 15.0 Å². The van der Waals surface area contributed by atoms with Crippen LogP contribution >= 0.6 is 0 Å². The molecule has 0 atom stereocenters. The highest BCUT2D eigenvalue weighted by Crippen LogP contribution is 2.31. The van der Waals surface area contributed by atoms with Crippen molar-refractivity contribution in [2.24, 2.45) is 0 Å². The van der Waals surface area contributed by atoms with Gasteiger partial charge in [0.05, 0.1) is 4.92 Å². The first-order valence-electron chi connectivity index (χ1n) is 13.8. The van der Waals surface area contributed by atoms with Crippen LogP contribution in [0.25, 0.3) is 5.57 Å². The summed E-state index contributed by atoms with van der Waals surface area (Å²) in [5.74, 6) is -0.823. The second-order valence-electron chi connectivity index (χ2n) is 9.99. The molecule has 0 spiro atoms. The van der Waals surface area contributed by atoms with Crippen LogP contribution in [0.2, 0.25) is 0 Å². The van der Waals surface area contributed by atoms with Gasteiger partial charge in [0.15, 0.2) is 5.82 Å². The van der Waals surface area contributed by atoms with E-state index in [0.717, 1.165) is 49.6 Å². The summed E-state index contributed by atoms with van der Waals surface area (Å²) in [5, 5.41) is 30.2. The lowest BCUT2D eigenvalue weighted by molar-refractivity contribution is -0.403. The zero-order chi connectivity index (χ0) is 31.8. The lowest BCUT2D eigenvalue weighted by Crippen LogP contribution is -2.27. The summed E-state index contributed by atoms with van der Waals surface area (Å²) >= 11 is 0. The first kappa shape index (κ1) is 30.7. The van der Waals surface area contributed by atoms with Crippen LogP contribution in [-0.4, -0.2) is 37.8 Å². The van der Waals surface area contributed by atoms with Gasteiger partial charge in [0.2, 0.25) is 0 Å². The summed E-state index contributed by atoms with van der Waals surface area (Å²) in [6.07, 6.45) is 2.39. The molecule has 0 bridgehead atoms. The minimum Gasteiger partial charge on any atom is -0.406 e. The molecular formula is C30H27F3N8O4. The maximum atomic E-state index is 12.6. The standard InChI is InChI=1S/C30H27F3N8O4/c31-30(32,33)45-26-16-12-24(13-17-26)34-27(19-41(43)44)40(25-14-10-22(11-15-25)21-4-2-1-3-5-21)18-20-6-8-23(9-7-20)28(42)35-29-36-38-39-37-29/h4,6-17,19,34H,1-3,5,18H2,(H2,35,36,37,38,39,42)/b27-19-. The maximum Gasteiger partial charge on any atom is 0.573 e. The van der Waals surface area contributed by atoms with Crippen LogP contribution in [-0.2, 0) is 6.54 Å². The largest absolute Gasteiger partial charge is 0.573 e. The van der Waals surface area contributed by atoms with E-state index in [1.165, 1.54) is 17.7 Å². The number of rotatable bonds is 11. The van der Waals surface area contributed by atoms with Gasteiger partial charge in [0, 0.05) is 23.5 Å². The lowest BCUT2D eigenvalue weighted by atomic mass is 9.93. The Balaban J connectivity index is 1.43. The molecule has 1 aliphatic rings. The van der Waals surface area contributed by atoms with E-state index in [9.17, 15) is 28.1 Å². The fraction of sp³-hybridized carbons (Fsp3) is 0.200. The molecule has 0 saturated heterocycles. The number of alkyl halides is 3. The molecule has 4 aromatic rings. The predicted octanol–water partition coefficient (Wildman–Crippen LogP) is 6.50. The Morgan fingerprint density at radius 1 is 1.02 bits per heavy atom. The van der Waals surface area contributed by atoms with Gasteiger partial charge >= 0.3 is 6.36 Å². The smallest absolute Gasteiger partial charge is 0.406 e. The molecule has 3 aromatic carbocycles. The first-order chi connectivity index (χ1) is 21.6. The van der Waals surface area contributed by atoms with Gasteiger partial charge in [0.25, 0.3) is 18.1 Å². The molecule has 1 heterocycles. The number of nitrogens with zero attached hydrogens (tertiary/aromatic N) is 5. The molecule has 12 nitrogen and oxygen atoms in total. The number of carbonyl (C=O) groups is 1. The lowest BCUT2D eigenvalue weighted by Gasteiger charge is -2.27. The zero-order valence-corrected chi connectivity index (χ0v) is 23.6. The van der Waals surface area contributed by atoms with Gasteiger partial charge in [-0.25, -0.2) is 0 Å². The van der Waals surface area contributed by atoms with E-state index >= 15 is 0 Å². The molecule has 1 aromatic heterocycles. The topological polar surface area (TPSA) is 151 Å². The summed E-state index contributed by atoms with van der Waals surface area (Å²) < 4.78 is 41.8. The van der Waals surface area contributed by atoms with Crippen LogP contribution in [0.5, 0.6) is 5.75 Å². The normalized spacial score (nSPS) is 13.5. The number of tetrazole rings is 1. The Morgan fingerprint density at radius 3 is 2.36 bits per heavy atom. The second-order valence-corrected chi connectivity index (χ2v) is 9.99. The van der Waals surface area contributed by atoms with Crippen molar-refractivity contribution in [2.75, 3.05) is 15.5 Å². The van der Waals surface area contributed by atoms with Crippen molar-refractivity contribution < 1.29 is 27.6 Å². The van der Waals surface area contributed by atoms with Gasteiger partial charge in [-0.3, -0.25) is 20.2 Å². The average molecular weight is 621 g/mol. The molecule has 3 N–H and O–H groups in total. The van der Waals surface area contributed by atoms with E-state index in [-0.39, 0.29) is 18.3 Å². The molecule has 15 heteroatoms. The van der Waals surface area contributed by atoms with Gasteiger partial charge in [-0.2, -0.15) is 5.21 Å². The highest BCUT2D eigenvalue weighted by Gasteiger charge is 2.31. The quantitative estimate of drug-likeness (QED) is 0.126. The van der Waals surface area contributed by atoms with E-state index in [1.54, 1.807) is 29.2 Å². The van der Waals surface area contributed by atoms with Crippen LogP contribution in [0.4, 0.5) is 30.5 Å². The average Bonchev–Trinajstić information content (AvgIpc) is 3.53. The third-order valence-corrected chi connectivity index (χ3v) is 6.85. The van der Waals surface area contributed by atoms with Crippen molar-refractivity contribution in [3.63, 3.8) is 0 Å². The molecule has 0 fully saturated rings. The molecule has 0 radical (unpaired) electrons. The second kappa shape index (κ2) is 13.7. The van der Waals surface area contributed by atoms with E-state index in [0.29, 0.717) is 22.5 Å². The molecular weight excluding hydrogens is 593 g/mol.